The Morgan fingerprint density at radius 2 is 1.97 bits per heavy atom. The number of hydrogen-bond acceptors (Lipinski definition) is 4. The molecule has 29 heavy (non-hydrogen) atoms. The number of aromatic nitrogens is 2. The fraction of sp³-hybridized carbons (Fsp3) is 0.273. The number of amides is 1. The Balaban J connectivity index is 1.92. The molecule has 3 aromatic rings. The van der Waals surface area contributed by atoms with Crippen molar-refractivity contribution in [1.82, 2.24) is 9.78 Å². The van der Waals surface area contributed by atoms with Crippen LogP contribution in [0.3, 0.4) is 0 Å². The summed E-state index contributed by atoms with van der Waals surface area (Å²) < 4.78 is 12.8. The van der Waals surface area contributed by atoms with Gasteiger partial charge < -0.3 is 14.8 Å². The molecule has 0 aliphatic heterocycles. The van der Waals surface area contributed by atoms with Crippen LogP contribution < -0.4 is 14.8 Å². The van der Waals surface area contributed by atoms with Crippen molar-refractivity contribution in [3.8, 4) is 17.2 Å². The summed E-state index contributed by atoms with van der Waals surface area (Å²) in [5.74, 6) is 0.555. The Labute approximate surface area is 175 Å². The standard InChI is InChI=1S/C22H24ClN3O3/c1-5-10-29-21-17(23)12-16(13-20(21)28-4)22(27)24-18-8-6-7-9-19(18)26-15(3)11-14(2)25-26/h6-9,11-13H,5,10H2,1-4H3,(H,24,27). The van der Waals surface area contributed by atoms with Gasteiger partial charge in [-0.3, -0.25) is 4.79 Å². The fourth-order valence-electron chi connectivity index (χ4n) is 3.03. The maximum Gasteiger partial charge on any atom is 0.255 e. The zero-order valence-corrected chi connectivity index (χ0v) is 17.7. The SMILES string of the molecule is CCCOc1c(Cl)cc(C(=O)Nc2ccccc2-n2nc(C)cc2C)cc1OC. The van der Waals surface area contributed by atoms with Crippen LogP contribution in [-0.4, -0.2) is 29.4 Å². The highest BCUT2D eigenvalue weighted by Gasteiger charge is 2.17. The van der Waals surface area contributed by atoms with Crippen LogP contribution in [0.15, 0.2) is 42.5 Å². The smallest absolute Gasteiger partial charge is 0.255 e. The molecule has 0 saturated heterocycles. The number of carbonyl (C=O) groups is 1. The highest BCUT2D eigenvalue weighted by atomic mass is 35.5. The van der Waals surface area contributed by atoms with Crippen molar-refractivity contribution in [3.05, 3.63) is 64.4 Å². The summed E-state index contributed by atoms with van der Waals surface area (Å²) in [6.45, 7) is 6.42. The molecule has 1 heterocycles. The van der Waals surface area contributed by atoms with E-state index in [1.807, 2.05) is 51.1 Å². The topological polar surface area (TPSA) is 65.4 Å². The first-order valence-corrected chi connectivity index (χ1v) is 9.76. The van der Waals surface area contributed by atoms with Gasteiger partial charge in [-0.05, 0) is 50.6 Å². The number of nitrogens with one attached hydrogen (secondary N) is 1. The second kappa shape index (κ2) is 9.01. The number of halogens is 1. The van der Waals surface area contributed by atoms with Crippen LogP contribution in [0.4, 0.5) is 5.69 Å². The maximum atomic E-state index is 12.9. The molecule has 0 aliphatic carbocycles. The summed E-state index contributed by atoms with van der Waals surface area (Å²) in [4.78, 5) is 12.9. The van der Waals surface area contributed by atoms with Crippen LogP contribution in [-0.2, 0) is 0 Å². The average Bonchev–Trinajstić information content (AvgIpc) is 3.04. The number of benzene rings is 2. The molecule has 2 aromatic carbocycles. The highest BCUT2D eigenvalue weighted by Crippen LogP contribution is 2.37. The van der Waals surface area contributed by atoms with Gasteiger partial charge in [0.2, 0.25) is 0 Å². The van der Waals surface area contributed by atoms with E-state index >= 15 is 0 Å². The molecule has 6 nitrogen and oxygen atoms in total. The average molecular weight is 414 g/mol. The molecule has 0 fully saturated rings. The van der Waals surface area contributed by atoms with E-state index in [4.69, 9.17) is 21.1 Å². The number of hydrogen-bond donors (Lipinski definition) is 1. The molecule has 0 aliphatic rings. The van der Waals surface area contributed by atoms with Crippen molar-refractivity contribution in [2.75, 3.05) is 19.0 Å². The van der Waals surface area contributed by atoms with Gasteiger partial charge in [-0.25, -0.2) is 4.68 Å². The van der Waals surface area contributed by atoms with Gasteiger partial charge in [0.15, 0.2) is 11.5 Å². The summed E-state index contributed by atoms with van der Waals surface area (Å²) in [5, 5.41) is 7.79. The second-order valence-corrected chi connectivity index (χ2v) is 7.06. The van der Waals surface area contributed by atoms with Gasteiger partial charge in [0.1, 0.15) is 0 Å². The molecule has 7 heteroatoms. The van der Waals surface area contributed by atoms with Gasteiger partial charge in [-0.1, -0.05) is 30.7 Å². The van der Waals surface area contributed by atoms with Crippen LogP contribution in [0.1, 0.15) is 35.1 Å². The molecule has 0 bridgehead atoms. The van der Waals surface area contributed by atoms with Crippen molar-refractivity contribution >= 4 is 23.2 Å². The summed E-state index contributed by atoms with van der Waals surface area (Å²) in [6.07, 6.45) is 0.838. The largest absolute Gasteiger partial charge is 0.493 e. The van der Waals surface area contributed by atoms with Crippen molar-refractivity contribution < 1.29 is 14.3 Å². The lowest BCUT2D eigenvalue weighted by Crippen LogP contribution is -2.15. The molecule has 1 amide bonds. The number of para-hydroxylation sites is 2. The first-order chi connectivity index (χ1) is 13.9. The lowest BCUT2D eigenvalue weighted by molar-refractivity contribution is 0.102. The molecular formula is C22H24ClN3O3. The number of aryl methyl sites for hydroxylation is 2. The lowest BCUT2D eigenvalue weighted by atomic mass is 10.1. The zero-order chi connectivity index (χ0) is 21.0. The minimum absolute atomic E-state index is 0.304. The molecule has 0 unspecified atom stereocenters. The molecule has 0 saturated carbocycles. The van der Waals surface area contributed by atoms with Crippen LogP contribution in [0.5, 0.6) is 11.5 Å². The maximum absolute atomic E-state index is 12.9. The Kier molecular flexibility index (Phi) is 6.44. The first kappa shape index (κ1) is 20.7. The van der Waals surface area contributed by atoms with E-state index in [0.29, 0.717) is 34.4 Å². The highest BCUT2D eigenvalue weighted by molar-refractivity contribution is 6.32. The lowest BCUT2D eigenvalue weighted by Gasteiger charge is -2.15. The normalized spacial score (nSPS) is 10.7. The van der Waals surface area contributed by atoms with Gasteiger partial charge in [0.25, 0.3) is 5.91 Å². The number of nitrogens with zero attached hydrogens (tertiary/aromatic N) is 2. The number of anilines is 1. The zero-order valence-electron chi connectivity index (χ0n) is 17.0. The molecule has 0 atom stereocenters. The molecule has 152 valence electrons. The van der Waals surface area contributed by atoms with E-state index < -0.39 is 0 Å². The molecule has 1 aromatic heterocycles. The van der Waals surface area contributed by atoms with E-state index in [1.54, 1.807) is 16.8 Å². The first-order valence-electron chi connectivity index (χ1n) is 9.39. The van der Waals surface area contributed by atoms with Gasteiger partial charge in [-0.15, -0.1) is 0 Å². The van der Waals surface area contributed by atoms with Crippen molar-refractivity contribution in [3.63, 3.8) is 0 Å². The number of carbonyl (C=O) groups excluding carboxylic acids is 1. The minimum Gasteiger partial charge on any atom is -0.493 e. The Bertz CT molecular complexity index is 1030. The minimum atomic E-state index is -0.304. The summed E-state index contributed by atoms with van der Waals surface area (Å²) in [7, 11) is 1.52. The van der Waals surface area contributed by atoms with Gasteiger partial charge in [0.05, 0.1) is 35.8 Å². The third-order valence-electron chi connectivity index (χ3n) is 4.33. The molecule has 3 rings (SSSR count). The molecular weight excluding hydrogens is 390 g/mol. The molecule has 1 N–H and O–H groups in total. The van der Waals surface area contributed by atoms with E-state index in [9.17, 15) is 4.79 Å². The van der Waals surface area contributed by atoms with Gasteiger partial charge >= 0.3 is 0 Å². The third kappa shape index (κ3) is 4.54. The van der Waals surface area contributed by atoms with Crippen LogP contribution in [0.25, 0.3) is 5.69 Å². The number of ether oxygens (including phenoxy) is 2. The van der Waals surface area contributed by atoms with Crippen molar-refractivity contribution in [2.45, 2.75) is 27.2 Å². The van der Waals surface area contributed by atoms with Crippen LogP contribution in [0.2, 0.25) is 5.02 Å². The number of methoxy groups -OCH3 is 1. The third-order valence-corrected chi connectivity index (χ3v) is 4.61. The molecule has 0 spiro atoms. The van der Waals surface area contributed by atoms with Crippen LogP contribution >= 0.6 is 11.6 Å². The van der Waals surface area contributed by atoms with E-state index in [1.165, 1.54) is 7.11 Å². The monoisotopic (exact) mass is 413 g/mol. The fourth-order valence-corrected chi connectivity index (χ4v) is 3.29. The predicted octanol–water partition coefficient (Wildman–Crippen LogP) is 5.19. The summed E-state index contributed by atoms with van der Waals surface area (Å²) in [5.41, 5.74) is 3.69. The second-order valence-electron chi connectivity index (χ2n) is 6.65. The van der Waals surface area contributed by atoms with E-state index in [0.717, 1.165) is 23.5 Å². The van der Waals surface area contributed by atoms with E-state index in [2.05, 4.69) is 10.4 Å². The number of rotatable bonds is 7. The summed E-state index contributed by atoms with van der Waals surface area (Å²) >= 11 is 6.35. The summed E-state index contributed by atoms with van der Waals surface area (Å²) in [6, 6.07) is 12.7. The van der Waals surface area contributed by atoms with E-state index in [-0.39, 0.29) is 5.91 Å². The van der Waals surface area contributed by atoms with Gasteiger partial charge in [0, 0.05) is 11.3 Å². The predicted molar refractivity (Wildman–Crippen MR) is 115 cm³/mol. The Morgan fingerprint density at radius 1 is 1.21 bits per heavy atom. The van der Waals surface area contributed by atoms with Crippen molar-refractivity contribution in [1.29, 1.82) is 0 Å². The Morgan fingerprint density at radius 3 is 2.62 bits per heavy atom. The van der Waals surface area contributed by atoms with Crippen molar-refractivity contribution in [2.24, 2.45) is 0 Å². The molecule has 0 radical (unpaired) electrons. The quantitative estimate of drug-likeness (QED) is 0.578. The Hall–Kier alpha value is -2.99. The van der Waals surface area contributed by atoms with Gasteiger partial charge in [-0.2, -0.15) is 5.10 Å². The van der Waals surface area contributed by atoms with Crippen LogP contribution in [0, 0.1) is 13.8 Å².